The number of hydrogen-bond acceptors (Lipinski definition) is 4. The molecule has 5 nitrogen and oxygen atoms in total. The van der Waals surface area contributed by atoms with Gasteiger partial charge in [0.15, 0.2) is 11.3 Å². The van der Waals surface area contributed by atoms with E-state index in [2.05, 4.69) is 24.7 Å². The first kappa shape index (κ1) is 17.9. The van der Waals surface area contributed by atoms with Crippen LogP contribution in [-0.2, 0) is 12.4 Å². The summed E-state index contributed by atoms with van der Waals surface area (Å²) in [4.78, 5) is 12.7. The van der Waals surface area contributed by atoms with Crippen LogP contribution in [0.2, 0.25) is 0 Å². The number of H-pyrrole nitrogens is 1. The minimum absolute atomic E-state index is 0.222. The molecule has 0 unspecified atom stereocenters. The highest BCUT2D eigenvalue weighted by Crippen LogP contribution is 2.36. The lowest BCUT2D eigenvalue weighted by molar-refractivity contribution is -0.140. The van der Waals surface area contributed by atoms with Gasteiger partial charge in [-0.25, -0.2) is 9.37 Å². The highest BCUT2D eigenvalue weighted by atomic mass is 19.4. The fourth-order valence-corrected chi connectivity index (χ4v) is 2.18. The first-order valence-electron chi connectivity index (χ1n) is 6.76. The van der Waals surface area contributed by atoms with Gasteiger partial charge in [-0.1, -0.05) is 0 Å². The molecule has 0 spiro atoms. The summed E-state index contributed by atoms with van der Waals surface area (Å²) in [5, 5.41) is 0. The third kappa shape index (κ3) is 3.13. The van der Waals surface area contributed by atoms with Gasteiger partial charge in [0, 0.05) is 0 Å². The molecule has 3 aromatic rings. The van der Waals surface area contributed by atoms with E-state index >= 15 is 0 Å². The van der Waals surface area contributed by atoms with Crippen LogP contribution in [0.5, 0.6) is 6.01 Å². The van der Waals surface area contributed by atoms with Gasteiger partial charge >= 0.3 is 18.4 Å². The minimum Gasteiger partial charge on any atom is -0.467 e. The lowest BCUT2D eigenvalue weighted by Gasteiger charge is -2.08. The minimum atomic E-state index is -4.89. The SMILES string of the molecule is COc1nc(C(F)(F)F)c2[nH]c(-c3ccc(C(F)(F)F)cc3F)nc2n1. The number of aromatic amines is 1. The Hall–Kier alpha value is -2.92. The van der Waals surface area contributed by atoms with Crippen molar-refractivity contribution in [3.05, 3.63) is 35.3 Å². The number of halogens is 7. The van der Waals surface area contributed by atoms with Gasteiger partial charge in [0.25, 0.3) is 0 Å². The van der Waals surface area contributed by atoms with E-state index in [1.807, 2.05) is 0 Å². The molecule has 0 fully saturated rings. The van der Waals surface area contributed by atoms with Gasteiger partial charge in [0.05, 0.1) is 18.2 Å². The van der Waals surface area contributed by atoms with Crippen molar-refractivity contribution >= 4 is 11.2 Å². The molecule has 0 aliphatic carbocycles. The van der Waals surface area contributed by atoms with Crippen molar-refractivity contribution in [1.29, 1.82) is 0 Å². The maximum absolute atomic E-state index is 14.0. The largest absolute Gasteiger partial charge is 0.467 e. The molecule has 2 aromatic heterocycles. The summed E-state index contributed by atoms with van der Waals surface area (Å²) in [5.41, 5.74) is -4.22. The van der Waals surface area contributed by atoms with Crippen molar-refractivity contribution in [3.8, 4) is 17.4 Å². The van der Waals surface area contributed by atoms with Crippen LogP contribution in [0.25, 0.3) is 22.6 Å². The van der Waals surface area contributed by atoms with Crippen LogP contribution in [0.1, 0.15) is 11.3 Å². The quantitative estimate of drug-likeness (QED) is 0.677. The predicted octanol–water partition coefficient (Wildman–Crippen LogP) is 4.21. The van der Waals surface area contributed by atoms with Crippen LogP contribution in [-0.4, -0.2) is 27.0 Å². The smallest absolute Gasteiger partial charge is 0.435 e. The molecule has 2 heterocycles. The molecule has 0 aliphatic rings. The average molecular weight is 380 g/mol. The van der Waals surface area contributed by atoms with Gasteiger partial charge in [0.1, 0.15) is 17.2 Å². The van der Waals surface area contributed by atoms with Gasteiger partial charge in [0.2, 0.25) is 0 Å². The van der Waals surface area contributed by atoms with E-state index in [0.29, 0.717) is 6.07 Å². The molecule has 0 radical (unpaired) electrons. The Kier molecular flexibility index (Phi) is 4.00. The first-order chi connectivity index (χ1) is 12.0. The molecule has 0 atom stereocenters. The number of nitrogens with one attached hydrogen (secondary N) is 1. The van der Waals surface area contributed by atoms with E-state index in [-0.39, 0.29) is 6.07 Å². The van der Waals surface area contributed by atoms with Crippen LogP contribution >= 0.6 is 0 Å². The number of alkyl halides is 6. The van der Waals surface area contributed by atoms with E-state index in [1.165, 1.54) is 0 Å². The third-order valence-corrected chi connectivity index (χ3v) is 3.33. The lowest BCUT2D eigenvalue weighted by atomic mass is 10.1. The van der Waals surface area contributed by atoms with E-state index in [4.69, 9.17) is 0 Å². The number of nitrogens with zero attached hydrogens (tertiary/aromatic N) is 3. The van der Waals surface area contributed by atoms with Crippen LogP contribution in [0, 0.1) is 5.82 Å². The second kappa shape index (κ2) is 5.81. The predicted molar refractivity (Wildman–Crippen MR) is 73.6 cm³/mol. The molecule has 1 aromatic carbocycles. The summed E-state index contributed by atoms with van der Waals surface area (Å²) in [6, 6.07) is 0.950. The van der Waals surface area contributed by atoms with Crippen molar-refractivity contribution in [2.24, 2.45) is 0 Å². The molecule has 26 heavy (non-hydrogen) atoms. The number of fused-ring (bicyclic) bond motifs is 1. The van der Waals surface area contributed by atoms with Crippen LogP contribution in [0.4, 0.5) is 30.7 Å². The first-order valence-corrected chi connectivity index (χ1v) is 6.76. The van der Waals surface area contributed by atoms with Crippen molar-refractivity contribution < 1.29 is 35.5 Å². The van der Waals surface area contributed by atoms with Gasteiger partial charge in [-0.05, 0) is 18.2 Å². The Bertz CT molecular complexity index is 978. The van der Waals surface area contributed by atoms with Crippen LogP contribution in [0.15, 0.2) is 18.2 Å². The second-order valence-electron chi connectivity index (χ2n) is 5.03. The molecule has 0 saturated heterocycles. The van der Waals surface area contributed by atoms with Crippen molar-refractivity contribution in [1.82, 2.24) is 19.9 Å². The second-order valence-corrected chi connectivity index (χ2v) is 5.03. The standard InChI is InChI=1S/C14H7F7N4O/c1-26-12-23-9(14(19,20)21)8-11(25-12)24-10(22-8)6-3-2-5(4-7(6)15)13(16,17)18/h2-4H,1H3,(H,22,23,24,25). The summed E-state index contributed by atoms with van der Waals surface area (Å²) in [7, 11) is 1.05. The normalized spacial score (nSPS) is 12.6. The van der Waals surface area contributed by atoms with E-state index in [9.17, 15) is 30.7 Å². The van der Waals surface area contributed by atoms with Crippen LogP contribution < -0.4 is 4.74 Å². The number of aromatic nitrogens is 4. The third-order valence-electron chi connectivity index (χ3n) is 3.33. The molecule has 3 rings (SSSR count). The Labute approximate surface area is 139 Å². The Balaban J connectivity index is 2.19. The monoisotopic (exact) mass is 380 g/mol. The van der Waals surface area contributed by atoms with Gasteiger partial charge in [-0.15, -0.1) is 0 Å². The number of ether oxygens (including phenoxy) is 1. The van der Waals surface area contributed by atoms with E-state index in [0.717, 1.165) is 13.2 Å². The Morgan fingerprint density at radius 3 is 2.19 bits per heavy atom. The zero-order chi connectivity index (χ0) is 19.3. The highest BCUT2D eigenvalue weighted by Gasteiger charge is 2.37. The van der Waals surface area contributed by atoms with Crippen molar-refractivity contribution in [2.75, 3.05) is 7.11 Å². The topological polar surface area (TPSA) is 63.7 Å². The fourth-order valence-electron chi connectivity index (χ4n) is 2.18. The molecular weight excluding hydrogens is 373 g/mol. The molecule has 0 saturated carbocycles. The van der Waals surface area contributed by atoms with Gasteiger partial charge < -0.3 is 9.72 Å². The molecule has 0 aliphatic heterocycles. The Morgan fingerprint density at radius 2 is 1.65 bits per heavy atom. The molecule has 1 N–H and O–H groups in total. The molecule has 138 valence electrons. The zero-order valence-corrected chi connectivity index (χ0v) is 12.6. The molecular formula is C14H7F7N4O. The Morgan fingerprint density at radius 1 is 0.962 bits per heavy atom. The lowest BCUT2D eigenvalue weighted by Crippen LogP contribution is -2.10. The summed E-state index contributed by atoms with van der Waals surface area (Å²) >= 11 is 0. The maximum atomic E-state index is 14.0. The van der Waals surface area contributed by atoms with Gasteiger partial charge in [-0.3, -0.25) is 0 Å². The maximum Gasteiger partial charge on any atom is 0.435 e. The molecule has 0 bridgehead atoms. The van der Waals surface area contributed by atoms with Crippen molar-refractivity contribution in [3.63, 3.8) is 0 Å². The summed E-state index contributed by atoms with van der Waals surface area (Å²) in [5.74, 6) is -1.74. The number of methoxy groups -OCH3 is 1. The fraction of sp³-hybridized carbons (Fsp3) is 0.214. The zero-order valence-electron chi connectivity index (χ0n) is 12.6. The average Bonchev–Trinajstić information content (AvgIpc) is 2.95. The van der Waals surface area contributed by atoms with Crippen LogP contribution in [0.3, 0.4) is 0 Å². The molecule has 12 heteroatoms. The highest BCUT2D eigenvalue weighted by molar-refractivity contribution is 5.79. The summed E-state index contributed by atoms with van der Waals surface area (Å²) < 4.78 is 95.7. The van der Waals surface area contributed by atoms with E-state index in [1.54, 1.807) is 0 Å². The number of imidazole rings is 1. The van der Waals surface area contributed by atoms with Crippen molar-refractivity contribution in [2.45, 2.75) is 12.4 Å². The summed E-state index contributed by atoms with van der Waals surface area (Å²) in [6.07, 6.45) is -9.66. The van der Waals surface area contributed by atoms with Gasteiger partial charge in [-0.2, -0.15) is 36.3 Å². The number of rotatable bonds is 2. The summed E-state index contributed by atoms with van der Waals surface area (Å²) in [6.45, 7) is 0. The van der Waals surface area contributed by atoms with E-state index < -0.39 is 58.0 Å². The molecule has 0 amide bonds. The number of hydrogen-bond donors (Lipinski definition) is 1. The number of benzene rings is 1.